The summed E-state index contributed by atoms with van der Waals surface area (Å²) in [6.07, 6.45) is 0.905. The molecule has 2 heterocycles. The second-order valence-corrected chi connectivity index (χ2v) is 7.76. The van der Waals surface area contributed by atoms with E-state index in [1.54, 1.807) is 0 Å². The van der Waals surface area contributed by atoms with Crippen LogP contribution in [0.3, 0.4) is 0 Å². The summed E-state index contributed by atoms with van der Waals surface area (Å²) >= 11 is 1.81. The fraction of sp³-hybridized carbons (Fsp3) is 0.688. The van der Waals surface area contributed by atoms with Crippen molar-refractivity contribution in [3.05, 3.63) is 21.9 Å². The molecular formula is C16H27N3OS. The largest absolute Gasteiger partial charge is 0.352 e. The number of thiophene rings is 1. The van der Waals surface area contributed by atoms with Crippen LogP contribution in [0.4, 0.5) is 0 Å². The van der Waals surface area contributed by atoms with Crippen molar-refractivity contribution in [3.63, 3.8) is 0 Å². The highest BCUT2D eigenvalue weighted by Gasteiger charge is 2.35. The number of hydrogen-bond acceptors (Lipinski definition) is 4. The van der Waals surface area contributed by atoms with Gasteiger partial charge < -0.3 is 10.6 Å². The van der Waals surface area contributed by atoms with Crippen molar-refractivity contribution in [3.8, 4) is 0 Å². The minimum Gasteiger partial charge on any atom is -0.352 e. The molecule has 0 aliphatic carbocycles. The number of nitrogens with one attached hydrogen (secondary N) is 2. The molecule has 0 spiro atoms. The summed E-state index contributed by atoms with van der Waals surface area (Å²) in [6, 6.07) is 4.46. The smallest absolute Gasteiger partial charge is 0.240 e. The Labute approximate surface area is 131 Å². The van der Waals surface area contributed by atoms with E-state index in [-0.39, 0.29) is 11.9 Å². The van der Waals surface area contributed by atoms with E-state index in [0.29, 0.717) is 0 Å². The maximum absolute atomic E-state index is 12.6. The lowest BCUT2D eigenvalue weighted by Gasteiger charge is -2.40. The van der Waals surface area contributed by atoms with Gasteiger partial charge in [-0.3, -0.25) is 9.69 Å². The summed E-state index contributed by atoms with van der Waals surface area (Å²) in [5, 5.41) is 6.51. The summed E-state index contributed by atoms with van der Waals surface area (Å²) in [7, 11) is 0. The molecule has 118 valence electrons. The molecule has 0 radical (unpaired) electrons. The Morgan fingerprint density at radius 3 is 2.67 bits per heavy atom. The maximum Gasteiger partial charge on any atom is 0.240 e. The minimum atomic E-state index is -0.443. The first kappa shape index (κ1) is 16.5. The van der Waals surface area contributed by atoms with Crippen molar-refractivity contribution in [1.29, 1.82) is 0 Å². The lowest BCUT2D eigenvalue weighted by Crippen LogP contribution is -2.61. The third kappa shape index (κ3) is 4.28. The van der Waals surface area contributed by atoms with Gasteiger partial charge in [0, 0.05) is 48.4 Å². The van der Waals surface area contributed by atoms with Gasteiger partial charge in [0.15, 0.2) is 0 Å². The first-order valence-electron chi connectivity index (χ1n) is 7.71. The van der Waals surface area contributed by atoms with Crippen molar-refractivity contribution < 1.29 is 4.79 Å². The number of hydrogen-bond donors (Lipinski definition) is 2. The normalized spacial score (nSPS) is 18.5. The monoisotopic (exact) mass is 309 g/mol. The standard InChI is InChI=1S/C16H27N3OS/c1-12(11-14-6-5-13(2)21-14)18-15(20)16(3,4)19-9-7-17-8-10-19/h5-6,12,17H,7-11H2,1-4H3,(H,18,20). The summed E-state index contributed by atoms with van der Waals surface area (Å²) in [4.78, 5) is 17.5. The molecular weight excluding hydrogens is 282 g/mol. The van der Waals surface area contributed by atoms with E-state index in [1.807, 2.05) is 25.2 Å². The van der Waals surface area contributed by atoms with Gasteiger partial charge in [-0.1, -0.05) is 0 Å². The molecule has 1 aliphatic heterocycles. The Bertz CT molecular complexity index is 478. The van der Waals surface area contributed by atoms with Crippen LogP contribution < -0.4 is 10.6 Å². The van der Waals surface area contributed by atoms with Gasteiger partial charge in [-0.05, 0) is 39.8 Å². The highest BCUT2D eigenvalue weighted by Crippen LogP contribution is 2.18. The third-order valence-corrected chi connectivity index (χ3v) is 5.17. The van der Waals surface area contributed by atoms with Crippen LogP contribution in [0.25, 0.3) is 0 Å². The Hall–Kier alpha value is -0.910. The number of amides is 1. The zero-order chi connectivity index (χ0) is 15.5. The van der Waals surface area contributed by atoms with E-state index in [0.717, 1.165) is 32.6 Å². The van der Waals surface area contributed by atoms with Gasteiger partial charge in [0.1, 0.15) is 0 Å². The molecule has 0 saturated carbocycles. The van der Waals surface area contributed by atoms with E-state index in [1.165, 1.54) is 9.75 Å². The van der Waals surface area contributed by atoms with Crippen LogP contribution in [-0.2, 0) is 11.2 Å². The number of piperazine rings is 1. The molecule has 1 atom stereocenters. The van der Waals surface area contributed by atoms with Gasteiger partial charge >= 0.3 is 0 Å². The second kappa shape index (κ2) is 6.90. The van der Waals surface area contributed by atoms with E-state index >= 15 is 0 Å². The third-order valence-electron chi connectivity index (χ3n) is 4.14. The molecule has 1 saturated heterocycles. The Morgan fingerprint density at radius 1 is 1.43 bits per heavy atom. The molecule has 1 amide bonds. The van der Waals surface area contributed by atoms with Crippen LogP contribution in [0.2, 0.25) is 0 Å². The fourth-order valence-corrected chi connectivity index (χ4v) is 3.73. The first-order valence-corrected chi connectivity index (χ1v) is 8.53. The summed E-state index contributed by atoms with van der Waals surface area (Å²) < 4.78 is 0. The SMILES string of the molecule is Cc1ccc(CC(C)NC(=O)C(C)(C)N2CCNCC2)s1. The molecule has 0 bridgehead atoms. The van der Waals surface area contributed by atoms with Gasteiger partial charge in [-0.25, -0.2) is 0 Å². The quantitative estimate of drug-likeness (QED) is 0.871. The molecule has 2 N–H and O–H groups in total. The van der Waals surface area contributed by atoms with E-state index in [9.17, 15) is 4.79 Å². The first-order chi connectivity index (χ1) is 9.89. The molecule has 5 heteroatoms. The predicted octanol–water partition coefficient (Wildman–Crippen LogP) is 1.79. The highest BCUT2D eigenvalue weighted by molar-refractivity contribution is 7.11. The molecule has 21 heavy (non-hydrogen) atoms. The molecule has 4 nitrogen and oxygen atoms in total. The van der Waals surface area contributed by atoms with Gasteiger partial charge in [0.2, 0.25) is 5.91 Å². The number of carbonyl (C=O) groups excluding carboxylic acids is 1. The van der Waals surface area contributed by atoms with Crippen molar-refractivity contribution >= 4 is 17.2 Å². The van der Waals surface area contributed by atoms with Crippen LogP contribution in [0.5, 0.6) is 0 Å². The van der Waals surface area contributed by atoms with Gasteiger partial charge in [0.05, 0.1) is 5.54 Å². The summed E-state index contributed by atoms with van der Waals surface area (Å²) in [5.74, 6) is 0.130. The van der Waals surface area contributed by atoms with Crippen molar-refractivity contribution in [2.75, 3.05) is 26.2 Å². The maximum atomic E-state index is 12.6. The molecule has 1 aromatic rings. The number of aryl methyl sites for hydroxylation is 1. The van der Waals surface area contributed by atoms with Gasteiger partial charge in [-0.15, -0.1) is 11.3 Å². The van der Waals surface area contributed by atoms with Gasteiger partial charge in [-0.2, -0.15) is 0 Å². The molecule has 1 aliphatic rings. The zero-order valence-corrected chi connectivity index (χ0v) is 14.3. The topological polar surface area (TPSA) is 44.4 Å². The minimum absolute atomic E-state index is 0.130. The van der Waals surface area contributed by atoms with E-state index in [4.69, 9.17) is 0 Å². The fourth-order valence-electron chi connectivity index (χ4n) is 2.72. The van der Waals surface area contributed by atoms with Crippen molar-refractivity contribution in [1.82, 2.24) is 15.5 Å². The van der Waals surface area contributed by atoms with E-state index < -0.39 is 5.54 Å². The van der Waals surface area contributed by atoms with Crippen LogP contribution in [-0.4, -0.2) is 48.6 Å². The molecule has 2 rings (SSSR count). The average molecular weight is 309 g/mol. The number of rotatable bonds is 5. The summed E-state index contributed by atoms with van der Waals surface area (Å²) in [6.45, 7) is 12.0. The van der Waals surface area contributed by atoms with Crippen molar-refractivity contribution in [2.45, 2.75) is 45.7 Å². The van der Waals surface area contributed by atoms with Crippen molar-refractivity contribution in [2.24, 2.45) is 0 Å². The highest BCUT2D eigenvalue weighted by atomic mass is 32.1. The van der Waals surface area contributed by atoms with Crippen LogP contribution in [0, 0.1) is 6.92 Å². The Balaban J connectivity index is 1.89. The molecule has 1 fully saturated rings. The Kier molecular flexibility index (Phi) is 5.41. The second-order valence-electron chi connectivity index (χ2n) is 6.39. The Morgan fingerprint density at radius 2 is 2.10 bits per heavy atom. The molecule has 1 unspecified atom stereocenters. The van der Waals surface area contributed by atoms with Crippen LogP contribution in [0.15, 0.2) is 12.1 Å². The lowest BCUT2D eigenvalue weighted by molar-refractivity contribution is -0.132. The summed E-state index contributed by atoms with van der Waals surface area (Å²) in [5.41, 5.74) is -0.443. The number of nitrogens with zero attached hydrogens (tertiary/aromatic N) is 1. The predicted molar refractivity (Wildman–Crippen MR) is 88.9 cm³/mol. The van der Waals surface area contributed by atoms with E-state index in [2.05, 4.69) is 41.5 Å². The number of carbonyl (C=O) groups is 1. The van der Waals surface area contributed by atoms with Gasteiger partial charge in [0.25, 0.3) is 0 Å². The molecule has 0 aromatic carbocycles. The van der Waals surface area contributed by atoms with Crippen LogP contribution >= 0.6 is 11.3 Å². The zero-order valence-electron chi connectivity index (χ0n) is 13.5. The lowest BCUT2D eigenvalue weighted by atomic mass is 9.99. The average Bonchev–Trinajstić information content (AvgIpc) is 2.84. The molecule has 1 aromatic heterocycles. The van der Waals surface area contributed by atoms with Crippen LogP contribution in [0.1, 0.15) is 30.5 Å².